The van der Waals surface area contributed by atoms with Gasteiger partial charge in [-0.05, 0) is 35.9 Å². The van der Waals surface area contributed by atoms with E-state index in [0.717, 1.165) is 29.9 Å². The highest BCUT2D eigenvalue weighted by atomic mass is 35.5. The number of carbonyl (C=O) groups excluding carboxylic acids is 1. The number of halogens is 1. The fourth-order valence-electron chi connectivity index (χ4n) is 3.73. The standard InChI is InChI=1S/C22H19ClN6O/c23-17-3-1-2-16(14-17)19-15-25-29-9-6-20(26-21(19)29)22(30)28-12-10-27(11-13-28)18-4-7-24-8-5-18/h1-9,14-15H,10-13H2. The molecule has 0 bridgehead atoms. The van der Waals surface area contributed by atoms with Crippen molar-refractivity contribution in [2.45, 2.75) is 0 Å². The molecule has 30 heavy (non-hydrogen) atoms. The van der Waals surface area contributed by atoms with E-state index in [4.69, 9.17) is 11.6 Å². The molecule has 1 aromatic carbocycles. The topological polar surface area (TPSA) is 66.6 Å². The second-order valence-electron chi connectivity index (χ2n) is 7.13. The quantitative estimate of drug-likeness (QED) is 0.510. The number of hydrogen-bond donors (Lipinski definition) is 0. The maximum atomic E-state index is 13.1. The van der Waals surface area contributed by atoms with Crippen molar-refractivity contribution in [3.8, 4) is 11.1 Å². The first-order chi connectivity index (χ1) is 14.7. The summed E-state index contributed by atoms with van der Waals surface area (Å²) in [5.41, 5.74) is 3.94. The van der Waals surface area contributed by atoms with Gasteiger partial charge in [0.05, 0.1) is 6.20 Å². The molecular weight excluding hydrogens is 400 g/mol. The van der Waals surface area contributed by atoms with Gasteiger partial charge in [-0.25, -0.2) is 9.50 Å². The van der Waals surface area contributed by atoms with Crippen LogP contribution in [0.15, 0.2) is 67.3 Å². The highest BCUT2D eigenvalue weighted by Crippen LogP contribution is 2.26. The lowest BCUT2D eigenvalue weighted by Crippen LogP contribution is -2.49. The van der Waals surface area contributed by atoms with E-state index < -0.39 is 0 Å². The molecule has 7 nitrogen and oxygen atoms in total. The average molecular weight is 419 g/mol. The minimum atomic E-state index is -0.0647. The molecular formula is C22H19ClN6O. The fourth-order valence-corrected chi connectivity index (χ4v) is 3.92. The Balaban J connectivity index is 1.37. The van der Waals surface area contributed by atoms with Gasteiger partial charge in [0, 0.05) is 61.0 Å². The molecule has 1 aliphatic heterocycles. The fraction of sp³-hybridized carbons (Fsp3) is 0.182. The summed E-state index contributed by atoms with van der Waals surface area (Å²) >= 11 is 6.14. The lowest BCUT2D eigenvalue weighted by Gasteiger charge is -2.35. The van der Waals surface area contributed by atoms with E-state index >= 15 is 0 Å². The lowest BCUT2D eigenvalue weighted by molar-refractivity contribution is 0.0741. The Morgan fingerprint density at radius 2 is 1.80 bits per heavy atom. The predicted molar refractivity (Wildman–Crippen MR) is 116 cm³/mol. The first-order valence-corrected chi connectivity index (χ1v) is 10.1. The SMILES string of the molecule is O=C(c1ccn2ncc(-c3cccc(Cl)c3)c2n1)N1CCN(c2ccncc2)CC1. The van der Waals surface area contributed by atoms with Gasteiger partial charge in [-0.15, -0.1) is 0 Å². The summed E-state index contributed by atoms with van der Waals surface area (Å²) in [6.45, 7) is 2.85. The maximum Gasteiger partial charge on any atom is 0.272 e. The van der Waals surface area contributed by atoms with Crippen LogP contribution in [0.3, 0.4) is 0 Å². The van der Waals surface area contributed by atoms with Crippen LogP contribution in [0.5, 0.6) is 0 Å². The zero-order valence-corrected chi connectivity index (χ0v) is 16.9. The van der Waals surface area contributed by atoms with E-state index in [1.165, 1.54) is 0 Å². The smallest absolute Gasteiger partial charge is 0.272 e. The molecule has 0 saturated carbocycles. The van der Waals surface area contributed by atoms with Gasteiger partial charge in [-0.1, -0.05) is 23.7 Å². The van der Waals surface area contributed by atoms with Crippen LogP contribution in [-0.4, -0.2) is 56.6 Å². The molecule has 0 N–H and O–H groups in total. The lowest BCUT2D eigenvalue weighted by atomic mass is 10.1. The van der Waals surface area contributed by atoms with E-state index in [2.05, 4.69) is 20.0 Å². The summed E-state index contributed by atoms with van der Waals surface area (Å²) in [6, 6.07) is 13.2. The number of pyridine rings is 1. The Kier molecular flexibility index (Phi) is 4.80. The molecule has 0 atom stereocenters. The summed E-state index contributed by atoms with van der Waals surface area (Å²) in [5.74, 6) is -0.0647. The summed E-state index contributed by atoms with van der Waals surface area (Å²) in [7, 11) is 0. The molecule has 4 aromatic rings. The third-order valence-corrected chi connectivity index (χ3v) is 5.55. The van der Waals surface area contributed by atoms with Gasteiger partial charge >= 0.3 is 0 Å². The summed E-state index contributed by atoms with van der Waals surface area (Å²) in [4.78, 5) is 25.9. The number of fused-ring (bicyclic) bond motifs is 1. The normalized spacial score (nSPS) is 14.3. The van der Waals surface area contributed by atoms with E-state index in [9.17, 15) is 4.79 Å². The molecule has 1 fully saturated rings. The van der Waals surface area contributed by atoms with Crippen LogP contribution in [0, 0.1) is 0 Å². The van der Waals surface area contributed by atoms with Crippen molar-refractivity contribution in [2.75, 3.05) is 31.1 Å². The second-order valence-corrected chi connectivity index (χ2v) is 7.57. The van der Waals surface area contributed by atoms with Crippen LogP contribution in [-0.2, 0) is 0 Å². The molecule has 150 valence electrons. The zero-order valence-electron chi connectivity index (χ0n) is 16.1. The summed E-state index contributed by atoms with van der Waals surface area (Å²) in [6.07, 6.45) is 7.09. The Bertz CT molecular complexity index is 1200. The van der Waals surface area contributed by atoms with E-state index in [1.807, 2.05) is 41.3 Å². The number of nitrogens with zero attached hydrogens (tertiary/aromatic N) is 6. The van der Waals surface area contributed by atoms with Crippen molar-refractivity contribution >= 4 is 28.8 Å². The summed E-state index contributed by atoms with van der Waals surface area (Å²) < 4.78 is 1.67. The molecule has 1 amide bonds. The van der Waals surface area contributed by atoms with Gasteiger partial charge < -0.3 is 9.80 Å². The molecule has 4 heterocycles. The monoisotopic (exact) mass is 418 g/mol. The number of carbonyl (C=O) groups is 1. The molecule has 0 aliphatic carbocycles. The van der Waals surface area contributed by atoms with Crippen molar-refractivity contribution in [3.63, 3.8) is 0 Å². The zero-order chi connectivity index (χ0) is 20.5. The Labute approximate surface area is 178 Å². The van der Waals surface area contributed by atoms with Crippen molar-refractivity contribution < 1.29 is 4.79 Å². The van der Waals surface area contributed by atoms with Gasteiger partial charge in [-0.3, -0.25) is 9.78 Å². The summed E-state index contributed by atoms with van der Waals surface area (Å²) in [5, 5.41) is 5.00. The van der Waals surface area contributed by atoms with Gasteiger partial charge in [0.1, 0.15) is 5.69 Å². The van der Waals surface area contributed by atoms with Crippen LogP contribution >= 0.6 is 11.6 Å². The Morgan fingerprint density at radius 1 is 1.00 bits per heavy atom. The number of hydrogen-bond acceptors (Lipinski definition) is 5. The van der Waals surface area contributed by atoms with Crippen molar-refractivity contribution in [1.29, 1.82) is 0 Å². The number of piperazine rings is 1. The van der Waals surface area contributed by atoms with Gasteiger partial charge in [0.2, 0.25) is 0 Å². The van der Waals surface area contributed by atoms with Crippen LogP contribution in [0.25, 0.3) is 16.8 Å². The number of rotatable bonds is 3. The van der Waals surface area contributed by atoms with Gasteiger partial charge in [0.15, 0.2) is 5.65 Å². The number of benzene rings is 1. The van der Waals surface area contributed by atoms with Crippen LogP contribution < -0.4 is 4.90 Å². The molecule has 3 aromatic heterocycles. The highest BCUT2D eigenvalue weighted by molar-refractivity contribution is 6.30. The van der Waals surface area contributed by atoms with Crippen LogP contribution in [0.4, 0.5) is 5.69 Å². The number of amides is 1. The van der Waals surface area contributed by atoms with Gasteiger partial charge in [-0.2, -0.15) is 5.10 Å². The average Bonchev–Trinajstić information content (AvgIpc) is 3.23. The largest absolute Gasteiger partial charge is 0.368 e. The maximum absolute atomic E-state index is 13.1. The predicted octanol–water partition coefficient (Wildman–Crippen LogP) is 3.41. The number of aromatic nitrogens is 4. The minimum Gasteiger partial charge on any atom is -0.368 e. The van der Waals surface area contributed by atoms with Crippen LogP contribution in [0.1, 0.15) is 10.5 Å². The number of anilines is 1. The molecule has 5 rings (SSSR count). The minimum absolute atomic E-state index is 0.0647. The van der Waals surface area contributed by atoms with Crippen molar-refractivity contribution in [2.24, 2.45) is 0 Å². The first kappa shape index (κ1) is 18.6. The molecule has 1 aliphatic rings. The third-order valence-electron chi connectivity index (χ3n) is 5.32. The van der Waals surface area contributed by atoms with Crippen LogP contribution in [0.2, 0.25) is 5.02 Å². The third kappa shape index (κ3) is 3.48. The Morgan fingerprint density at radius 3 is 2.57 bits per heavy atom. The second kappa shape index (κ2) is 7.76. The molecule has 0 radical (unpaired) electrons. The molecule has 0 unspecified atom stereocenters. The van der Waals surface area contributed by atoms with Crippen molar-refractivity contribution in [1.82, 2.24) is 24.5 Å². The Hall–Kier alpha value is -3.45. The van der Waals surface area contributed by atoms with E-state index in [-0.39, 0.29) is 5.91 Å². The van der Waals surface area contributed by atoms with E-state index in [0.29, 0.717) is 29.5 Å². The van der Waals surface area contributed by atoms with Gasteiger partial charge in [0.25, 0.3) is 5.91 Å². The molecule has 8 heteroatoms. The van der Waals surface area contributed by atoms with Crippen molar-refractivity contribution in [3.05, 3.63) is 78.0 Å². The highest BCUT2D eigenvalue weighted by Gasteiger charge is 2.24. The molecule has 1 saturated heterocycles. The first-order valence-electron chi connectivity index (χ1n) is 9.73. The molecule has 0 spiro atoms. The van der Waals surface area contributed by atoms with E-state index in [1.54, 1.807) is 35.4 Å².